The first-order chi connectivity index (χ1) is 16.9. The summed E-state index contributed by atoms with van der Waals surface area (Å²) in [5.74, 6) is -5.40. The lowest BCUT2D eigenvalue weighted by Crippen LogP contribution is -2.67. The largest absolute Gasteiger partial charge is 0.510 e. The van der Waals surface area contributed by atoms with Crippen LogP contribution in [0.1, 0.15) is 46.5 Å². The Morgan fingerprint density at radius 3 is 1.37 bits per heavy atom. The van der Waals surface area contributed by atoms with Gasteiger partial charge in [0.15, 0.2) is 0 Å². The second-order valence-corrected chi connectivity index (χ2v) is 9.46. The van der Waals surface area contributed by atoms with Crippen LogP contribution in [0.15, 0.2) is 12.8 Å². The van der Waals surface area contributed by atoms with Gasteiger partial charge in [0.2, 0.25) is 0 Å². The molecule has 1 fully saturated rings. The van der Waals surface area contributed by atoms with E-state index in [4.69, 9.17) is 0 Å². The van der Waals surface area contributed by atoms with Gasteiger partial charge in [-0.25, -0.2) is 4.79 Å². The second-order valence-electron chi connectivity index (χ2n) is 9.46. The monoisotopic (exact) mass is 586 g/mol. The summed E-state index contributed by atoms with van der Waals surface area (Å²) in [7, 11) is 0. The molecule has 0 aliphatic heterocycles. The Morgan fingerprint density at radius 1 is 0.684 bits per heavy atom. The van der Waals surface area contributed by atoms with Crippen molar-refractivity contribution in [3.05, 3.63) is 12.8 Å². The maximum Gasteiger partial charge on any atom is 0.510 e. The molecule has 38 heavy (non-hydrogen) atoms. The van der Waals surface area contributed by atoms with Crippen LogP contribution in [0, 0.1) is 11.8 Å². The number of hydrogen-bond acceptors (Lipinski definition) is 5. The number of rotatable bonds is 8. The van der Waals surface area contributed by atoms with Crippen molar-refractivity contribution in [2.24, 2.45) is 11.8 Å². The van der Waals surface area contributed by atoms with Crippen LogP contribution in [0.4, 0.5) is 57.5 Å². The molecule has 1 aliphatic rings. The number of ether oxygens (including phenoxy) is 4. The second kappa shape index (κ2) is 11.2. The average molecular weight is 586 g/mol. The maximum absolute atomic E-state index is 13.9. The van der Waals surface area contributed by atoms with E-state index in [0.717, 1.165) is 20.8 Å². The highest BCUT2D eigenvalue weighted by Gasteiger charge is 2.80. The van der Waals surface area contributed by atoms with Gasteiger partial charge >= 0.3 is 36.5 Å². The van der Waals surface area contributed by atoms with E-state index in [0.29, 0.717) is 6.26 Å². The Morgan fingerprint density at radius 2 is 1.05 bits per heavy atom. The lowest BCUT2D eigenvalue weighted by molar-refractivity contribution is -0.407. The molecule has 5 nitrogen and oxygen atoms in total. The predicted octanol–water partition coefficient (Wildman–Crippen LogP) is 7.65. The fraction of sp³-hybridized carbons (Fsp3) is 0.857. The quantitative estimate of drug-likeness (QED) is 0.127. The Labute approximate surface area is 209 Å². The lowest BCUT2D eigenvalue weighted by Gasteiger charge is -2.48. The molecule has 0 amide bonds. The van der Waals surface area contributed by atoms with Gasteiger partial charge < -0.3 is 18.9 Å². The SMILES string of the molecule is C=COCCOC(C1CCC(C(OC(=O)OC(C)(C)C)(C(F)(F)F)C(F)(F)F)CC1)(C(F)(F)F)C(F)(F)F. The van der Waals surface area contributed by atoms with Crippen LogP contribution in [0.25, 0.3) is 0 Å². The first-order valence-electron chi connectivity index (χ1n) is 10.9. The standard InChI is InChI=1S/C21H26F12O5/c1-5-35-10-11-36-16(18(22,23)24,19(25,26)27)12-6-8-13(9-7-12)17(20(28,29)30,21(31,32)33)38-14(34)37-15(2,3)4/h5,12-13H,1,6-11H2,2-4H3. The molecule has 0 N–H and O–H groups in total. The Bertz CT molecular complexity index is 772. The molecule has 224 valence electrons. The molecule has 0 saturated heterocycles. The van der Waals surface area contributed by atoms with Gasteiger partial charge in [0.05, 0.1) is 12.9 Å². The molecule has 0 bridgehead atoms. The van der Waals surface area contributed by atoms with Crippen molar-refractivity contribution in [3.63, 3.8) is 0 Å². The van der Waals surface area contributed by atoms with Gasteiger partial charge in [0.25, 0.3) is 5.60 Å². The Hall–Kier alpha value is -2.07. The van der Waals surface area contributed by atoms with Gasteiger partial charge in [-0.05, 0) is 46.5 Å². The summed E-state index contributed by atoms with van der Waals surface area (Å²) in [6, 6.07) is 0. The summed E-state index contributed by atoms with van der Waals surface area (Å²) in [6.07, 6.45) is -32.5. The summed E-state index contributed by atoms with van der Waals surface area (Å²) in [5.41, 5.74) is -11.8. The van der Waals surface area contributed by atoms with Crippen LogP contribution in [-0.2, 0) is 18.9 Å². The van der Waals surface area contributed by atoms with Crippen molar-refractivity contribution in [1.82, 2.24) is 0 Å². The highest BCUT2D eigenvalue weighted by atomic mass is 19.4. The first-order valence-corrected chi connectivity index (χ1v) is 10.9. The maximum atomic E-state index is 13.9. The minimum atomic E-state index is -6.36. The van der Waals surface area contributed by atoms with Crippen LogP contribution in [0.2, 0.25) is 0 Å². The molecule has 0 aromatic rings. The van der Waals surface area contributed by atoms with Crippen molar-refractivity contribution in [3.8, 4) is 0 Å². The summed E-state index contributed by atoms with van der Waals surface area (Å²) in [5, 5.41) is 0. The van der Waals surface area contributed by atoms with Crippen molar-refractivity contribution >= 4 is 6.16 Å². The van der Waals surface area contributed by atoms with Gasteiger partial charge in [0.1, 0.15) is 12.2 Å². The molecule has 0 heterocycles. The minimum absolute atomic E-state index is 0.704. The van der Waals surface area contributed by atoms with Crippen LogP contribution < -0.4 is 0 Å². The highest BCUT2D eigenvalue weighted by Crippen LogP contribution is 2.59. The van der Waals surface area contributed by atoms with Crippen molar-refractivity contribution in [1.29, 1.82) is 0 Å². The van der Waals surface area contributed by atoms with Gasteiger partial charge in [-0.2, -0.15) is 52.7 Å². The summed E-state index contributed by atoms with van der Waals surface area (Å²) in [4.78, 5) is 11.9. The topological polar surface area (TPSA) is 54.0 Å². The van der Waals surface area contributed by atoms with Crippen molar-refractivity contribution < 1.29 is 76.4 Å². The van der Waals surface area contributed by atoms with Crippen LogP contribution in [0.3, 0.4) is 0 Å². The number of halogens is 12. The third-order valence-corrected chi connectivity index (χ3v) is 5.84. The molecule has 0 spiro atoms. The number of alkyl halides is 12. The average Bonchev–Trinajstić information content (AvgIpc) is 2.67. The smallest absolute Gasteiger partial charge is 0.499 e. The van der Waals surface area contributed by atoms with E-state index < -0.39 is 98.4 Å². The van der Waals surface area contributed by atoms with Crippen molar-refractivity contribution in [2.45, 2.75) is 88.0 Å². The third kappa shape index (κ3) is 6.92. The normalized spacial score (nSPS) is 20.6. The van der Waals surface area contributed by atoms with E-state index in [9.17, 15) is 57.5 Å². The zero-order valence-corrected chi connectivity index (χ0v) is 20.3. The molecule has 0 aromatic carbocycles. The fourth-order valence-electron chi connectivity index (χ4n) is 4.37. The molecule has 1 saturated carbocycles. The third-order valence-electron chi connectivity index (χ3n) is 5.84. The molecule has 0 aromatic heterocycles. The summed E-state index contributed by atoms with van der Waals surface area (Å²) in [6.45, 7) is 4.28. The minimum Gasteiger partial charge on any atom is -0.499 e. The van der Waals surface area contributed by atoms with E-state index in [1.807, 2.05) is 0 Å². The van der Waals surface area contributed by atoms with E-state index in [2.05, 4.69) is 25.5 Å². The van der Waals surface area contributed by atoms with Crippen LogP contribution in [0.5, 0.6) is 0 Å². The van der Waals surface area contributed by atoms with Crippen molar-refractivity contribution in [2.75, 3.05) is 13.2 Å². The van der Waals surface area contributed by atoms with Gasteiger partial charge in [-0.3, -0.25) is 0 Å². The highest BCUT2D eigenvalue weighted by molar-refractivity contribution is 5.61. The Kier molecular flexibility index (Phi) is 10.0. The molecule has 1 aliphatic carbocycles. The Balaban J connectivity index is 3.47. The van der Waals surface area contributed by atoms with E-state index >= 15 is 0 Å². The zero-order chi connectivity index (χ0) is 30.0. The first kappa shape index (κ1) is 34.0. The van der Waals surface area contributed by atoms with Crippen LogP contribution in [-0.4, -0.2) is 60.9 Å². The van der Waals surface area contributed by atoms with Crippen LogP contribution >= 0.6 is 0 Å². The number of carbonyl (C=O) groups excluding carboxylic acids is 1. The molecule has 0 atom stereocenters. The summed E-state index contributed by atoms with van der Waals surface area (Å²) >= 11 is 0. The molecule has 1 rings (SSSR count). The van der Waals surface area contributed by atoms with Gasteiger partial charge in [-0.15, -0.1) is 0 Å². The molecule has 0 unspecified atom stereocenters. The number of carbonyl (C=O) groups is 1. The number of hydrogen-bond donors (Lipinski definition) is 0. The molecule has 0 radical (unpaired) electrons. The van der Waals surface area contributed by atoms with E-state index in [1.165, 1.54) is 0 Å². The van der Waals surface area contributed by atoms with E-state index in [-0.39, 0.29) is 0 Å². The predicted molar refractivity (Wildman–Crippen MR) is 105 cm³/mol. The zero-order valence-electron chi connectivity index (χ0n) is 20.3. The fourth-order valence-corrected chi connectivity index (χ4v) is 4.37. The van der Waals surface area contributed by atoms with Gasteiger partial charge in [0, 0.05) is 11.8 Å². The molecular weight excluding hydrogens is 560 g/mol. The van der Waals surface area contributed by atoms with Gasteiger partial charge in [-0.1, -0.05) is 6.58 Å². The molecular formula is C21H26F12O5. The van der Waals surface area contributed by atoms with E-state index in [1.54, 1.807) is 0 Å². The lowest BCUT2D eigenvalue weighted by atomic mass is 9.67. The molecule has 17 heteroatoms. The summed E-state index contributed by atoms with van der Waals surface area (Å²) < 4.78 is 184.